The van der Waals surface area contributed by atoms with E-state index >= 15 is 0 Å². The van der Waals surface area contributed by atoms with Gasteiger partial charge in [0.05, 0.1) is 24.3 Å². The summed E-state index contributed by atoms with van der Waals surface area (Å²) in [6.07, 6.45) is 3.97. The van der Waals surface area contributed by atoms with Crippen LogP contribution < -0.4 is 0 Å². The van der Waals surface area contributed by atoms with Crippen LogP contribution in [-0.2, 0) is 14.3 Å². The predicted octanol–water partition coefficient (Wildman–Crippen LogP) is 7.28. The zero-order valence-corrected chi connectivity index (χ0v) is 24.7. The summed E-state index contributed by atoms with van der Waals surface area (Å²) in [6.45, 7) is 9.72. The fourth-order valence-corrected chi connectivity index (χ4v) is 6.28. The molecule has 0 spiro atoms. The molecule has 7 nitrogen and oxygen atoms in total. The Hall–Kier alpha value is -3.59. The summed E-state index contributed by atoms with van der Waals surface area (Å²) in [4.78, 5) is 25.9. The summed E-state index contributed by atoms with van der Waals surface area (Å²) in [5.74, 6) is -2.26. The number of esters is 1. The van der Waals surface area contributed by atoms with Crippen LogP contribution in [0.25, 0.3) is 27.5 Å². The first-order valence-electron chi connectivity index (χ1n) is 14.0. The molecule has 2 heterocycles. The third-order valence-corrected chi connectivity index (χ3v) is 8.43. The van der Waals surface area contributed by atoms with Crippen molar-refractivity contribution in [3.05, 3.63) is 59.4 Å². The molecule has 0 bridgehead atoms. The van der Waals surface area contributed by atoms with E-state index in [4.69, 9.17) is 9.47 Å². The Kier molecular flexibility index (Phi) is 7.30. The lowest BCUT2D eigenvalue weighted by molar-refractivity contribution is -0.170. The molecule has 1 aliphatic rings. The SMILES string of the molecule is COC(=O)C1(OC)CCC(c2c(C(C)C)n(-c3ccc(F)c(F)c3)c3cc4cnn(C(=O)C(C)(C)C)c4cc23)CC1. The number of benzene rings is 2. The predicted molar refractivity (Wildman–Crippen MR) is 154 cm³/mol. The van der Waals surface area contributed by atoms with Crippen LogP contribution in [0.3, 0.4) is 0 Å². The first kappa shape index (κ1) is 28.9. The molecule has 9 heteroatoms. The molecule has 41 heavy (non-hydrogen) atoms. The number of nitrogens with zero attached hydrogens (tertiary/aromatic N) is 3. The Morgan fingerprint density at radius 2 is 1.71 bits per heavy atom. The van der Waals surface area contributed by atoms with Crippen LogP contribution >= 0.6 is 0 Å². The molecule has 5 rings (SSSR count). The van der Waals surface area contributed by atoms with Gasteiger partial charge in [0.1, 0.15) is 0 Å². The number of hydrogen-bond acceptors (Lipinski definition) is 5. The molecule has 0 saturated heterocycles. The van der Waals surface area contributed by atoms with Crippen LogP contribution in [0.5, 0.6) is 0 Å². The largest absolute Gasteiger partial charge is 0.467 e. The summed E-state index contributed by atoms with van der Waals surface area (Å²) < 4.78 is 42.8. The summed E-state index contributed by atoms with van der Waals surface area (Å²) >= 11 is 0. The third kappa shape index (κ3) is 4.74. The van der Waals surface area contributed by atoms with Crippen LogP contribution in [0.2, 0.25) is 0 Å². The van der Waals surface area contributed by atoms with Crippen molar-refractivity contribution in [2.24, 2.45) is 5.41 Å². The van der Waals surface area contributed by atoms with E-state index in [9.17, 15) is 18.4 Å². The van der Waals surface area contributed by atoms with Gasteiger partial charge < -0.3 is 14.0 Å². The molecule has 0 atom stereocenters. The lowest BCUT2D eigenvalue weighted by Crippen LogP contribution is -2.44. The minimum absolute atomic E-state index is 0.0241. The van der Waals surface area contributed by atoms with Gasteiger partial charge in [0, 0.05) is 40.7 Å². The first-order chi connectivity index (χ1) is 19.3. The molecule has 0 N–H and O–H groups in total. The molecular formula is C32H37F2N3O4. The number of carbonyl (C=O) groups is 2. The Balaban J connectivity index is 1.78. The van der Waals surface area contributed by atoms with Gasteiger partial charge in [0.25, 0.3) is 5.91 Å². The van der Waals surface area contributed by atoms with E-state index < -0.39 is 22.7 Å². The first-order valence-corrected chi connectivity index (χ1v) is 14.0. The Labute approximate surface area is 238 Å². The summed E-state index contributed by atoms with van der Waals surface area (Å²) in [5, 5.41) is 6.12. The molecule has 1 aliphatic carbocycles. The average molecular weight is 566 g/mol. The van der Waals surface area contributed by atoms with Crippen molar-refractivity contribution in [2.45, 2.75) is 77.7 Å². The fourth-order valence-electron chi connectivity index (χ4n) is 6.28. The molecular weight excluding hydrogens is 528 g/mol. The number of halogens is 2. The quantitative estimate of drug-likeness (QED) is 0.238. The minimum Gasteiger partial charge on any atom is -0.467 e. The Bertz CT molecular complexity index is 1650. The maximum absolute atomic E-state index is 14.6. The second-order valence-corrected chi connectivity index (χ2v) is 12.4. The van der Waals surface area contributed by atoms with E-state index in [1.165, 1.54) is 25.0 Å². The van der Waals surface area contributed by atoms with Crippen LogP contribution in [0, 0.1) is 17.0 Å². The van der Waals surface area contributed by atoms with Gasteiger partial charge in [-0.05, 0) is 67.3 Å². The highest BCUT2D eigenvalue weighted by Crippen LogP contribution is 2.47. The van der Waals surface area contributed by atoms with Crippen molar-refractivity contribution in [1.82, 2.24) is 14.3 Å². The van der Waals surface area contributed by atoms with Crippen LogP contribution in [0.4, 0.5) is 8.78 Å². The van der Waals surface area contributed by atoms with Crippen molar-refractivity contribution < 1.29 is 27.8 Å². The van der Waals surface area contributed by atoms with Gasteiger partial charge in [-0.25, -0.2) is 13.6 Å². The molecule has 0 amide bonds. The lowest BCUT2D eigenvalue weighted by Gasteiger charge is -2.37. The van der Waals surface area contributed by atoms with Crippen LogP contribution in [-0.4, -0.2) is 46.0 Å². The van der Waals surface area contributed by atoms with Crippen molar-refractivity contribution in [3.63, 3.8) is 0 Å². The summed E-state index contributed by atoms with van der Waals surface area (Å²) in [5.41, 5.74) is 2.44. The van der Waals surface area contributed by atoms with E-state index in [-0.39, 0.29) is 23.7 Å². The molecule has 0 aliphatic heterocycles. The zero-order valence-electron chi connectivity index (χ0n) is 24.7. The normalized spacial score (nSPS) is 19.8. The van der Waals surface area contributed by atoms with Gasteiger partial charge >= 0.3 is 5.97 Å². The van der Waals surface area contributed by atoms with Gasteiger partial charge in [0.2, 0.25) is 0 Å². The molecule has 218 valence electrons. The summed E-state index contributed by atoms with van der Waals surface area (Å²) in [7, 11) is 2.91. The number of ether oxygens (including phenoxy) is 2. The topological polar surface area (TPSA) is 75.3 Å². The van der Waals surface area contributed by atoms with E-state index in [2.05, 4.69) is 18.9 Å². The number of carbonyl (C=O) groups excluding carboxylic acids is 2. The highest BCUT2D eigenvalue weighted by Gasteiger charge is 2.44. The maximum atomic E-state index is 14.6. The van der Waals surface area contributed by atoms with Crippen molar-refractivity contribution in [2.75, 3.05) is 14.2 Å². The molecule has 4 aromatic rings. The monoisotopic (exact) mass is 565 g/mol. The molecule has 2 aromatic heterocycles. The number of hydrogen-bond donors (Lipinski definition) is 0. The number of fused-ring (bicyclic) bond motifs is 2. The highest BCUT2D eigenvalue weighted by molar-refractivity contribution is 6.02. The minimum atomic E-state index is -0.993. The standard InChI is InChI=1S/C32H37F2N3O4/c1-18(2)28-27(19-10-12-32(41-7,13-11-19)30(39)40-6)22-16-25-20(17-35-37(25)29(38)31(3,4)5)14-26(22)36(28)21-8-9-23(33)24(34)15-21/h8-9,14-19H,10-13H2,1-7H3. The van der Waals surface area contributed by atoms with E-state index in [1.54, 1.807) is 12.3 Å². The van der Waals surface area contributed by atoms with Gasteiger partial charge in [-0.2, -0.15) is 9.78 Å². The van der Waals surface area contributed by atoms with Crippen molar-refractivity contribution in [1.29, 1.82) is 0 Å². The number of rotatable bonds is 5. The van der Waals surface area contributed by atoms with Gasteiger partial charge in [-0.3, -0.25) is 4.79 Å². The third-order valence-electron chi connectivity index (χ3n) is 8.43. The maximum Gasteiger partial charge on any atom is 0.338 e. The second-order valence-electron chi connectivity index (χ2n) is 12.4. The Morgan fingerprint density at radius 3 is 2.27 bits per heavy atom. The molecule has 0 radical (unpaired) electrons. The molecule has 1 fully saturated rings. The van der Waals surface area contributed by atoms with E-state index in [0.717, 1.165) is 33.6 Å². The smallest absolute Gasteiger partial charge is 0.338 e. The highest BCUT2D eigenvalue weighted by atomic mass is 19.2. The van der Waals surface area contributed by atoms with Crippen molar-refractivity contribution >= 4 is 33.7 Å². The number of aromatic nitrogens is 3. The van der Waals surface area contributed by atoms with Crippen LogP contribution in [0.15, 0.2) is 36.5 Å². The fraction of sp³-hybridized carbons (Fsp3) is 0.469. The van der Waals surface area contributed by atoms with Crippen LogP contribution in [0.1, 0.15) is 88.2 Å². The molecule has 1 saturated carbocycles. The zero-order chi connectivity index (χ0) is 29.9. The average Bonchev–Trinajstić information content (AvgIpc) is 3.50. The van der Waals surface area contributed by atoms with Gasteiger partial charge in [-0.1, -0.05) is 34.6 Å². The van der Waals surface area contributed by atoms with Gasteiger partial charge in [-0.15, -0.1) is 0 Å². The Morgan fingerprint density at radius 1 is 1.02 bits per heavy atom. The summed E-state index contributed by atoms with van der Waals surface area (Å²) in [6, 6.07) is 7.91. The van der Waals surface area contributed by atoms with Gasteiger partial charge in [0.15, 0.2) is 17.2 Å². The lowest BCUT2D eigenvalue weighted by atomic mass is 9.74. The van der Waals surface area contributed by atoms with Crippen molar-refractivity contribution in [3.8, 4) is 5.69 Å². The van der Waals surface area contributed by atoms with E-state index in [1.807, 2.05) is 37.5 Å². The second kappa shape index (κ2) is 10.4. The van der Waals surface area contributed by atoms with E-state index in [0.29, 0.717) is 36.9 Å². The molecule has 2 aromatic carbocycles. The number of methoxy groups -OCH3 is 2. The molecule has 0 unspecified atom stereocenters.